The number of hydrogen-bond acceptors (Lipinski definition) is 7. The van der Waals surface area contributed by atoms with Crippen LogP contribution in [0.25, 0.3) is 0 Å². The number of carbonyl (C=O) groups is 1. The molecule has 5 atom stereocenters. The first-order valence-corrected chi connectivity index (χ1v) is 12.8. The van der Waals surface area contributed by atoms with E-state index >= 15 is 0 Å². The maximum atomic E-state index is 12.2. The van der Waals surface area contributed by atoms with E-state index in [0.717, 1.165) is 13.0 Å². The molecule has 0 aromatic carbocycles. The van der Waals surface area contributed by atoms with Crippen LogP contribution in [0.1, 0.15) is 98.3 Å². The highest BCUT2D eigenvalue weighted by molar-refractivity contribution is 5.70. The Morgan fingerprint density at radius 3 is 2.19 bits per heavy atom. The van der Waals surface area contributed by atoms with E-state index < -0.39 is 12.1 Å². The monoisotopic (exact) mass is 457 g/mol. The largest absolute Gasteiger partial charge is 0.466 e. The number of methoxy groups -OCH3 is 1. The highest BCUT2D eigenvalue weighted by Crippen LogP contribution is 2.39. The molecule has 0 radical (unpaired) electrons. The zero-order valence-corrected chi connectivity index (χ0v) is 21.0. The molecule has 188 valence electrons. The summed E-state index contributed by atoms with van der Waals surface area (Å²) in [7, 11) is 1.65. The van der Waals surface area contributed by atoms with E-state index in [2.05, 4.69) is 12.2 Å². The van der Waals surface area contributed by atoms with Crippen LogP contribution < -0.4 is 5.32 Å². The zero-order chi connectivity index (χ0) is 23.4. The van der Waals surface area contributed by atoms with Crippen molar-refractivity contribution in [2.24, 2.45) is 0 Å². The molecule has 0 bridgehead atoms. The van der Waals surface area contributed by atoms with E-state index in [1.54, 1.807) is 7.11 Å². The van der Waals surface area contributed by atoms with Gasteiger partial charge in [0.1, 0.15) is 18.3 Å². The first-order valence-electron chi connectivity index (χ1n) is 12.8. The second-order valence-corrected chi connectivity index (χ2v) is 9.52. The second kappa shape index (κ2) is 14.5. The van der Waals surface area contributed by atoms with Crippen LogP contribution in [0.3, 0.4) is 0 Å². The van der Waals surface area contributed by atoms with Crippen molar-refractivity contribution >= 4 is 5.97 Å². The number of ether oxygens (including phenoxy) is 5. The van der Waals surface area contributed by atoms with E-state index in [0.29, 0.717) is 6.61 Å². The van der Waals surface area contributed by atoms with Gasteiger partial charge in [0.15, 0.2) is 12.1 Å². The third-order valence-electron chi connectivity index (χ3n) is 6.32. The van der Waals surface area contributed by atoms with Gasteiger partial charge in [-0.1, -0.05) is 64.7 Å². The molecule has 0 saturated carbocycles. The fourth-order valence-corrected chi connectivity index (χ4v) is 4.70. The number of carbonyl (C=O) groups excluding carboxylic acids is 1. The molecule has 2 saturated heterocycles. The molecular weight excluding hydrogens is 410 g/mol. The van der Waals surface area contributed by atoms with Crippen LogP contribution in [0, 0.1) is 0 Å². The number of hydrogen-bond donors (Lipinski definition) is 1. The molecule has 0 aromatic heterocycles. The number of nitrogens with one attached hydrogen (secondary N) is 1. The number of rotatable bonds is 17. The van der Waals surface area contributed by atoms with Crippen LogP contribution in [0.4, 0.5) is 0 Å². The lowest BCUT2D eigenvalue weighted by atomic mass is 10.00. The lowest BCUT2D eigenvalue weighted by Crippen LogP contribution is -2.49. The summed E-state index contributed by atoms with van der Waals surface area (Å²) in [5.41, 5.74) is 0. The molecule has 2 aliphatic rings. The molecule has 2 fully saturated rings. The first-order chi connectivity index (χ1) is 15.4. The summed E-state index contributed by atoms with van der Waals surface area (Å²) in [5, 5.41) is 3.53. The summed E-state index contributed by atoms with van der Waals surface area (Å²) in [6.07, 6.45) is 11.8. The van der Waals surface area contributed by atoms with Crippen molar-refractivity contribution in [1.82, 2.24) is 5.32 Å². The van der Waals surface area contributed by atoms with Gasteiger partial charge < -0.3 is 29.0 Å². The summed E-state index contributed by atoms with van der Waals surface area (Å²) in [4.78, 5) is 12.2. The molecule has 0 unspecified atom stereocenters. The summed E-state index contributed by atoms with van der Waals surface area (Å²) in [6, 6.07) is -0.210. The van der Waals surface area contributed by atoms with Crippen molar-refractivity contribution in [1.29, 1.82) is 0 Å². The number of fused-ring (bicyclic) bond motifs is 1. The van der Waals surface area contributed by atoms with Crippen molar-refractivity contribution in [3.63, 3.8) is 0 Å². The molecule has 7 nitrogen and oxygen atoms in total. The van der Waals surface area contributed by atoms with Gasteiger partial charge in [0.25, 0.3) is 0 Å². The Morgan fingerprint density at radius 2 is 1.59 bits per heavy atom. The van der Waals surface area contributed by atoms with E-state index in [1.165, 1.54) is 57.8 Å². The Labute approximate surface area is 195 Å². The zero-order valence-electron chi connectivity index (χ0n) is 21.0. The van der Waals surface area contributed by atoms with Gasteiger partial charge in [0.05, 0.1) is 13.0 Å². The lowest BCUT2D eigenvalue weighted by molar-refractivity contribution is -0.220. The molecule has 1 N–H and O–H groups in total. The topological polar surface area (TPSA) is 75.3 Å². The highest BCUT2D eigenvalue weighted by Gasteiger charge is 2.56. The van der Waals surface area contributed by atoms with Gasteiger partial charge in [0.2, 0.25) is 0 Å². The minimum atomic E-state index is -0.697. The Hall–Kier alpha value is -0.730. The normalized spacial score (nSPS) is 27.4. The minimum absolute atomic E-state index is 0.210. The fraction of sp³-hybridized carbons (Fsp3) is 0.960. The van der Waals surface area contributed by atoms with Gasteiger partial charge in [-0.3, -0.25) is 4.79 Å². The summed E-state index contributed by atoms with van der Waals surface area (Å²) >= 11 is 0. The molecule has 2 aliphatic heterocycles. The SMILES string of the molecule is CCCCCCCCCCCCN[C@@H](CC(=O)OCC)[C@H]1O[C@@H]2OC(C)(C)O[C@@H]2[C@H]1OC. The van der Waals surface area contributed by atoms with Crippen molar-refractivity contribution in [3.05, 3.63) is 0 Å². The van der Waals surface area contributed by atoms with Crippen molar-refractivity contribution < 1.29 is 28.5 Å². The predicted molar refractivity (Wildman–Crippen MR) is 124 cm³/mol. The Balaban J connectivity index is 1.75. The van der Waals surface area contributed by atoms with Crippen LogP contribution >= 0.6 is 0 Å². The fourth-order valence-electron chi connectivity index (χ4n) is 4.70. The smallest absolute Gasteiger partial charge is 0.307 e. The summed E-state index contributed by atoms with van der Waals surface area (Å²) < 4.78 is 29.0. The highest BCUT2D eigenvalue weighted by atomic mass is 16.8. The van der Waals surface area contributed by atoms with Gasteiger partial charge in [-0.15, -0.1) is 0 Å². The summed E-state index contributed by atoms with van der Waals surface area (Å²) in [5.74, 6) is -0.928. The third-order valence-corrected chi connectivity index (χ3v) is 6.32. The molecular formula is C25H47NO6. The number of unbranched alkanes of at least 4 members (excludes halogenated alkanes) is 9. The Bertz CT molecular complexity index is 529. The maximum absolute atomic E-state index is 12.2. The van der Waals surface area contributed by atoms with Gasteiger partial charge >= 0.3 is 5.97 Å². The number of esters is 1. The minimum Gasteiger partial charge on any atom is -0.466 e. The Morgan fingerprint density at radius 1 is 0.969 bits per heavy atom. The van der Waals surface area contributed by atoms with Crippen molar-refractivity contribution in [2.75, 3.05) is 20.3 Å². The molecule has 32 heavy (non-hydrogen) atoms. The third kappa shape index (κ3) is 8.90. The lowest BCUT2D eigenvalue weighted by Gasteiger charge is -2.30. The van der Waals surface area contributed by atoms with E-state index in [-0.39, 0.29) is 36.7 Å². The average Bonchev–Trinajstić information content (AvgIpc) is 3.22. The van der Waals surface area contributed by atoms with Crippen LogP contribution in [-0.4, -0.2) is 62.7 Å². The van der Waals surface area contributed by atoms with Crippen LogP contribution in [0.5, 0.6) is 0 Å². The van der Waals surface area contributed by atoms with E-state index in [9.17, 15) is 4.79 Å². The second-order valence-electron chi connectivity index (χ2n) is 9.52. The van der Waals surface area contributed by atoms with Crippen LogP contribution in [0.15, 0.2) is 0 Å². The standard InChI is InChI=1S/C25H47NO6/c1-6-8-9-10-11-12-13-14-15-16-17-26-19(18-20(27)29-7-2)21-22(28-5)23-24(30-21)32-25(3,4)31-23/h19,21-24,26H,6-18H2,1-5H3/t19-,21+,22-,23+,24+/m0/s1. The predicted octanol–water partition coefficient (Wildman–Crippen LogP) is 4.71. The molecule has 2 rings (SSSR count). The van der Waals surface area contributed by atoms with Gasteiger partial charge in [-0.25, -0.2) is 0 Å². The molecule has 0 amide bonds. The van der Waals surface area contributed by atoms with E-state index in [4.69, 9.17) is 23.7 Å². The maximum Gasteiger partial charge on any atom is 0.307 e. The van der Waals surface area contributed by atoms with Crippen molar-refractivity contribution in [2.45, 2.75) is 135 Å². The van der Waals surface area contributed by atoms with Crippen molar-refractivity contribution in [3.8, 4) is 0 Å². The summed E-state index contributed by atoms with van der Waals surface area (Å²) in [6.45, 7) is 9.02. The molecule has 0 aliphatic carbocycles. The van der Waals surface area contributed by atoms with E-state index in [1.807, 2.05) is 20.8 Å². The van der Waals surface area contributed by atoms with Crippen LogP contribution in [-0.2, 0) is 28.5 Å². The Kier molecular flexibility index (Phi) is 12.5. The molecule has 0 aromatic rings. The molecule has 7 heteroatoms. The first kappa shape index (κ1) is 27.5. The molecule has 2 heterocycles. The average molecular weight is 458 g/mol. The van der Waals surface area contributed by atoms with Gasteiger partial charge in [-0.2, -0.15) is 0 Å². The quantitative estimate of drug-likeness (QED) is 0.250. The molecule has 0 spiro atoms. The van der Waals surface area contributed by atoms with Gasteiger partial charge in [-0.05, 0) is 33.7 Å². The van der Waals surface area contributed by atoms with Gasteiger partial charge in [0, 0.05) is 13.2 Å². The van der Waals surface area contributed by atoms with Crippen LogP contribution in [0.2, 0.25) is 0 Å².